The maximum absolute atomic E-state index is 12.4. The van der Waals surface area contributed by atoms with E-state index < -0.39 is 25.2 Å². The van der Waals surface area contributed by atoms with E-state index >= 15 is 0 Å². The summed E-state index contributed by atoms with van der Waals surface area (Å²) >= 11 is 0. The standard InChI is InChI=1S/C21H37BN4O5/c1-24-18(11-5-7-13-23)20(27)25-19(21(28)29)12-6-8-14-26(2)15-16-9-3-4-10-17(16)22(30)31/h3-4,9-10,18-19,24,30-31H,5-8,11-15,23H2,1-2H3,(H,25,27)(H,28,29). The molecule has 0 aliphatic carbocycles. The third kappa shape index (κ3) is 10.3. The zero-order valence-corrected chi connectivity index (χ0v) is 18.6. The molecule has 1 rings (SSSR count). The Hall–Kier alpha value is -1.98. The van der Waals surface area contributed by atoms with Crippen molar-refractivity contribution in [2.45, 2.75) is 57.2 Å². The minimum atomic E-state index is -1.51. The Balaban J connectivity index is 2.45. The fourth-order valence-electron chi connectivity index (χ4n) is 3.46. The number of nitrogens with two attached hydrogens (primary N) is 1. The lowest BCUT2D eigenvalue weighted by Gasteiger charge is -2.21. The van der Waals surface area contributed by atoms with Crippen LogP contribution < -0.4 is 21.8 Å². The minimum Gasteiger partial charge on any atom is -0.480 e. The number of hydrogen-bond acceptors (Lipinski definition) is 7. The summed E-state index contributed by atoms with van der Waals surface area (Å²) in [5.74, 6) is -1.34. The van der Waals surface area contributed by atoms with Crippen LogP contribution in [-0.2, 0) is 16.1 Å². The van der Waals surface area contributed by atoms with E-state index in [1.165, 1.54) is 0 Å². The zero-order valence-electron chi connectivity index (χ0n) is 18.6. The molecule has 9 nitrogen and oxygen atoms in total. The molecule has 0 radical (unpaired) electrons. The van der Waals surface area contributed by atoms with Gasteiger partial charge in [0.2, 0.25) is 5.91 Å². The number of rotatable bonds is 16. The van der Waals surface area contributed by atoms with Gasteiger partial charge in [-0.15, -0.1) is 0 Å². The molecule has 2 atom stereocenters. The van der Waals surface area contributed by atoms with Gasteiger partial charge in [0, 0.05) is 6.54 Å². The van der Waals surface area contributed by atoms with Crippen LogP contribution >= 0.6 is 0 Å². The number of unbranched alkanes of at least 4 members (excludes halogenated alkanes) is 2. The van der Waals surface area contributed by atoms with Gasteiger partial charge in [0.05, 0.1) is 6.04 Å². The number of carbonyl (C=O) groups excluding carboxylic acids is 1. The largest absolute Gasteiger partial charge is 0.488 e. The Bertz CT molecular complexity index is 677. The number of likely N-dealkylation sites (N-methyl/N-ethyl adjacent to an activating group) is 1. The monoisotopic (exact) mass is 436 g/mol. The number of carboxylic acid groups (broad SMARTS) is 1. The van der Waals surface area contributed by atoms with Crippen LogP contribution in [0.5, 0.6) is 0 Å². The highest BCUT2D eigenvalue weighted by Crippen LogP contribution is 2.07. The van der Waals surface area contributed by atoms with Crippen LogP contribution in [-0.4, -0.2) is 78.3 Å². The Labute approximate surface area is 185 Å². The molecule has 31 heavy (non-hydrogen) atoms. The van der Waals surface area contributed by atoms with E-state index in [1.807, 2.05) is 24.1 Å². The van der Waals surface area contributed by atoms with Crippen LogP contribution in [0.25, 0.3) is 0 Å². The summed E-state index contributed by atoms with van der Waals surface area (Å²) in [6.45, 7) is 1.84. The Morgan fingerprint density at radius 1 is 1.10 bits per heavy atom. The van der Waals surface area contributed by atoms with Crippen LogP contribution in [0, 0.1) is 0 Å². The van der Waals surface area contributed by atoms with Gasteiger partial charge in [0.1, 0.15) is 6.04 Å². The summed E-state index contributed by atoms with van der Waals surface area (Å²) < 4.78 is 0. The number of benzene rings is 1. The molecule has 1 aromatic carbocycles. The molecule has 1 aromatic rings. The first-order chi connectivity index (χ1) is 14.8. The SMILES string of the molecule is CNC(CCCCN)C(=O)NC(CCCCN(C)Cc1ccccc1B(O)O)C(=O)O. The van der Waals surface area contributed by atoms with Crippen LogP contribution in [0.2, 0.25) is 0 Å². The fraction of sp³-hybridized carbons (Fsp3) is 0.619. The van der Waals surface area contributed by atoms with Gasteiger partial charge in [-0.25, -0.2) is 4.79 Å². The van der Waals surface area contributed by atoms with E-state index in [2.05, 4.69) is 10.6 Å². The fourth-order valence-corrected chi connectivity index (χ4v) is 3.46. The summed E-state index contributed by atoms with van der Waals surface area (Å²) in [5.41, 5.74) is 6.80. The number of hydrogen-bond donors (Lipinski definition) is 6. The maximum Gasteiger partial charge on any atom is 0.488 e. The van der Waals surface area contributed by atoms with E-state index in [0.29, 0.717) is 44.4 Å². The lowest BCUT2D eigenvalue weighted by Crippen LogP contribution is -2.49. The summed E-state index contributed by atoms with van der Waals surface area (Å²) in [5, 5.41) is 34.0. The van der Waals surface area contributed by atoms with Crippen molar-refractivity contribution in [1.82, 2.24) is 15.5 Å². The van der Waals surface area contributed by atoms with Crippen molar-refractivity contribution in [3.05, 3.63) is 29.8 Å². The van der Waals surface area contributed by atoms with E-state index in [-0.39, 0.29) is 5.91 Å². The molecule has 0 saturated carbocycles. The van der Waals surface area contributed by atoms with Crippen LogP contribution in [0.4, 0.5) is 0 Å². The number of nitrogens with zero attached hydrogens (tertiary/aromatic N) is 1. The van der Waals surface area contributed by atoms with Crippen molar-refractivity contribution in [3.8, 4) is 0 Å². The van der Waals surface area contributed by atoms with Gasteiger partial charge in [-0.3, -0.25) is 4.79 Å². The first-order valence-corrected chi connectivity index (χ1v) is 10.8. The third-order valence-corrected chi connectivity index (χ3v) is 5.28. The molecule has 2 unspecified atom stereocenters. The van der Waals surface area contributed by atoms with Gasteiger partial charge >= 0.3 is 13.1 Å². The molecule has 0 spiro atoms. The van der Waals surface area contributed by atoms with Crippen molar-refractivity contribution in [1.29, 1.82) is 0 Å². The number of carboxylic acids is 1. The van der Waals surface area contributed by atoms with Crippen molar-refractivity contribution < 1.29 is 24.7 Å². The van der Waals surface area contributed by atoms with E-state index in [1.54, 1.807) is 19.2 Å². The second-order valence-electron chi connectivity index (χ2n) is 7.83. The third-order valence-electron chi connectivity index (χ3n) is 5.28. The number of carbonyl (C=O) groups is 2. The second kappa shape index (κ2) is 14.9. The van der Waals surface area contributed by atoms with E-state index in [9.17, 15) is 24.7 Å². The molecule has 10 heteroatoms. The predicted octanol–water partition coefficient (Wildman–Crippen LogP) is -0.745. The molecule has 0 bridgehead atoms. The summed E-state index contributed by atoms with van der Waals surface area (Å²) in [6.07, 6.45) is 3.98. The zero-order chi connectivity index (χ0) is 23.2. The van der Waals surface area contributed by atoms with Gasteiger partial charge in [-0.1, -0.05) is 30.7 Å². The molecule has 0 aliphatic heterocycles. The predicted molar refractivity (Wildman–Crippen MR) is 122 cm³/mol. The molecule has 174 valence electrons. The highest BCUT2D eigenvalue weighted by molar-refractivity contribution is 6.59. The molecule has 0 aliphatic rings. The molecule has 0 saturated heterocycles. The normalized spacial score (nSPS) is 13.1. The van der Waals surface area contributed by atoms with Gasteiger partial charge in [-0.05, 0) is 70.3 Å². The van der Waals surface area contributed by atoms with Gasteiger partial charge < -0.3 is 36.4 Å². The first-order valence-electron chi connectivity index (χ1n) is 10.8. The van der Waals surface area contributed by atoms with E-state index in [0.717, 1.165) is 24.8 Å². The molecule has 1 amide bonds. The van der Waals surface area contributed by atoms with Gasteiger partial charge in [0.15, 0.2) is 0 Å². The van der Waals surface area contributed by atoms with Crippen molar-refractivity contribution >= 4 is 24.5 Å². The molecule has 0 aromatic heterocycles. The number of nitrogens with one attached hydrogen (secondary N) is 2. The number of aliphatic carboxylic acids is 1. The molecule has 0 heterocycles. The average molecular weight is 436 g/mol. The minimum absolute atomic E-state index is 0.303. The first kappa shape index (κ1) is 27.1. The quantitative estimate of drug-likeness (QED) is 0.147. The van der Waals surface area contributed by atoms with Gasteiger partial charge in [-0.2, -0.15) is 0 Å². The lowest BCUT2D eigenvalue weighted by molar-refractivity contribution is -0.142. The smallest absolute Gasteiger partial charge is 0.480 e. The molecule has 7 N–H and O–H groups in total. The molecular formula is C21H37BN4O5. The maximum atomic E-state index is 12.4. The van der Waals surface area contributed by atoms with Crippen LogP contribution in [0.15, 0.2) is 24.3 Å². The van der Waals surface area contributed by atoms with Crippen LogP contribution in [0.3, 0.4) is 0 Å². The highest BCUT2D eigenvalue weighted by Gasteiger charge is 2.24. The molecular weight excluding hydrogens is 399 g/mol. The lowest BCUT2D eigenvalue weighted by atomic mass is 9.77. The Morgan fingerprint density at radius 2 is 1.74 bits per heavy atom. The summed E-state index contributed by atoms with van der Waals surface area (Å²) in [7, 11) is 2.10. The van der Waals surface area contributed by atoms with Crippen molar-refractivity contribution in [3.63, 3.8) is 0 Å². The average Bonchev–Trinajstić information content (AvgIpc) is 2.73. The summed E-state index contributed by atoms with van der Waals surface area (Å²) in [6, 6.07) is 5.80. The Kier molecular flexibility index (Phi) is 13.0. The van der Waals surface area contributed by atoms with Crippen LogP contribution in [0.1, 0.15) is 44.1 Å². The van der Waals surface area contributed by atoms with E-state index in [4.69, 9.17) is 5.73 Å². The number of amides is 1. The highest BCUT2D eigenvalue weighted by atomic mass is 16.4. The summed E-state index contributed by atoms with van der Waals surface area (Å²) in [4.78, 5) is 26.0. The van der Waals surface area contributed by atoms with Crippen molar-refractivity contribution in [2.75, 3.05) is 27.2 Å². The second-order valence-corrected chi connectivity index (χ2v) is 7.83. The molecule has 0 fully saturated rings. The van der Waals surface area contributed by atoms with Crippen molar-refractivity contribution in [2.24, 2.45) is 5.73 Å². The van der Waals surface area contributed by atoms with Gasteiger partial charge in [0.25, 0.3) is 0 Å². The Morgan fingerprint density at radius 3 is 2.35 bits per heavy atom. The topological polar surface area (TPSA) is 148 Å².